The lowest BCUT2D eigenvalue weighted by molar-refractivity contribution is 0.331. The highest BCUT2D eigenvalue weighted by Gasteiger charge is 2.12. The number of nitrogens with one attached hydrogen (secondary N) is 1. The van der Waals surface area contributed by atoms with E-state index in [9.17, 15) is 0 Å². The first-order valence-corrected chi connectivity index (χ1v) is 8.64. The maximum absolute atomic E-state index is 5.50. The number of unbranched alkanes of at least 4 members (excludes halogenated alkanes) is 1. The number of hydrogen-bond acceptors (Lipinski definition) is 4. The van der Waals surface area contributed by atoms with Gasteiger partial charge in [0.15, 0.2) is 0 Å². The SMILES string of the molecule is c1ccc2c(NCCCCN3CCCC3)c3ccoc3nc2c1. The first-order chi connectivity index (χ1) is 11.4. The van der Waals surface area contributed by atoms with Gasteiger partial charge >= 0.3 is 0 Å². The van der Waals surface area contributed by atoms with Crippen LogP contribution in [0.4, 0.5) is 5.69 Å². The van der Waals surface area contributed by atoms with Crippen molar-refractivity contribution >= 4 is 27.7 Å². The van der Waals surface area contributed by atoms with Crippen molar-refractivity contribution in [2.75, 3.05) is 31.5 Å². The van der Waals surface area contributed by atoms with Crippen LogP contribution in [-0.2, 0) is 0 Å². The number of hydrogen-bond donors (Lipinski definition) is 1. The molecule has 1 aliphatic rings. The van der Waals surface area contributed by atoms with Gasteiger partial charge in [0.1, 0.15) is 0 Å². The average molecular weight is 309 g/mol. The van der Waals surface area contributed by atoms with Crippen LogP contribution < -0.4 is 5.32 Å². The molecule has 0 bridgehead atoms. The van der Waals surface area contributed by atoms with Gasteiger partial charge in [-0.05, 0) is 57.5 Å². The lowest BCUT2D eigenvalue weighted by atomic mass is 10.1. The van der Waals surface area contributed by atoms with Crippen molar-refractivity contribution in [3.8, 4) is 0 Å². The van der Waals surface area contributed by atoms with Crippen molar-refractivity contribution in [2.24, 2.45) is 0 Å². The van der Waals surface area contributed by atoms with Crippen LogP contribution in [0.5, 0.6) is 0 Å². The molecule has 0 unspecified atom stereocenters. The molecule has 3 aromatic rings. The maximum atomic E-state index is 5.50. The zero-order valence-corrected chi connectivity index (χ0v) is 13.4. The summed E-state index contributed by atoms with van der Waals surface area (Å²) in [7, 11) is 0. The zero-order chi connectivity index (χ0) is 15.5. The molecule has 120 valence electrons. The lowest BCUT2D eigenvalue weighted by Crippen LogP contribution is -2.20. The number of aromatic nitrogens is 1. The number of fused-ring (bicyclic) bond motifs is 2. The van der Waals surface area contributed by atoms with E-state index in [1.807, 2.05) is 18.2 Å². The van der Waals surface area contributed by atoms with Gasteiger partial charge in [0.25, 0.3) is 0 Å². The fourth-order valence-corrected chi connectivity index (χ4v) is 3.49. The van der Waals surface area contributed by atoms with Crippen LogP contribution >= 0.6 is 0 Å². The summed E-state index contributed by atoms with van der Waals surface area (Å²) in [6.45, 7) is 4.80. The minimum absolute atomic E-state index is 0.711. The van der Waals surface area contributed by atoms with E-state index in [2.05, 4.69) is 27.3 Å². The number of anilines is 1. The Bertz CT molecular complexity index is 790. The quantitative estimate of drug-likeness (QED) is 0.690. The van der Waals surface area contributed by atoms with Gasteiger partial charge in [-0.25, -0.2) is 4.98 Å². The standard InChI is InChI=1S/C19H23N3O/c1-2-8-17-15(7-1)18(16-9-14-23-19(16)21-17)20-10-3-4-11-22-12-5-6-13-22/h1-2,7-9,14H,3-6,10-13H2,(H,20,21). The van der Waals surface area contributed by atoms with E-state index in [4.69, 9.17) is 4.42 Å². The predicted octanol–water partition coefficient (Wildman–Crippen LogP) is 4.27. The van der Waals surface area contributed by atoms with Crippen molar-refractivity contribution in [1.82, 2.24) is 9.88 Å². The molecular formula is C19H23N3O. The highest BCUT2D eigenvalue weighted by molar-refractivity contribution is 6.05. The summed E-state index contributed by atoms with van der Waals surface area (Å²) >= 11 is 0. The number of furan rings is 1. The molecule has 0 radical (unpaired) electrons. The molecule has 1 N–H and O–H groups in total. The van der Waals surface area contributed by atoms with Crippen LogP contribution in [-0.4, -0.2) is 36.1 Å². The van der Waals surface area contributed by atoms with Gasteiger partial charge in [-0.2, -0.15) is 0 Å². The third-order valence-electron chi connectivity index (χ3n) is 4.71. The fourth-order valence-electron chi connectivity index (χ4n) is 3.49. The molecule has 0 atom stereocenters. The number of likely N-dealkylation sites (tertiary alicyclic amines) is 1. The molecule has 23 heavy (non-hydrogen) atoms. The predicted molar refractivity (Wildman–Crippen MR) is 94.9 cm³/mol. The highest BCUT2D eigenvalue weighted by Crippen LogP contribution is 2.31. The molecule has 3 heterocycles. The summed E-state index contributed by atoms with van der Waals surface area (Å²) in [5, 5.41) is 5.86. The third kappa shape index (κ3) is 3.04. The Morgan fingerprint density at radius 1 is 1.04 bits per heavy atom. The number of rotatable bonds is 6. The van der Waals surface area contributed by atoms with E-state index in [1.165, 1.54) is 50.7 Å². The molecule has 0 amide bonds. The van der Waals surface area contributed by atoms with E-state index in [0.29, 0.717) is 5.71 Å². The van der Waals surface area contributed by atoms with Crippen LogP contribution in [0.25, 0.3) is 22.0 Å². The molecule has 1 aromatic carbocycles. The molecule has 0 spiro atoms. The number of para-hydroxylation sites is 1. The van der Waals surface area contributed by atoms with E-state index < -0.39 is 0 Å². The van der Waals surface area contributed by atoms with E-state index in [0.717, 1.165) is 23.1 Å². The van der Waals surface area contributed by atoms with E-state index in [-0.39, 0.29) is 0 Å². The van der Waals surface area contributed by atoms with Gasteiger partial charge in [0.05, 0.1) is 22.9 Å². The largest absolute Gasteiger partial charge is 0.446 e. The fraction of sp³-hybridized carbons (Fsp3) is 0.421. The van der Waals surface area contributed by atoms with Gasteiger partial charge in [0.2, 0.25) is 5.71 Å². The average Bonchev–Trinajstić information content (AvgIpc) is 3.24. The normalized spacial score (nSPS) is 15.7. The van der Waals surface area contributed by atoms with Gasteiger partial charge in [-0.1, -0.05) is 18.2 Å². The smallest absolute Gasteiger partial charge is 0.228 e. The van der Waals surface area contributed by atoms with Crippen molar-refractivity contribution in [3.63, 3.8) is 0 Å². The zero-order valence-electron chi connectivity index (χ0n) is 13.4. The summed E-state index contributed by atoms with van der Waals surface area (Å²) in [5.41, 5.74) is 2.85. The van der Waals surface area contributed by atoms with Crippen molar-refractivity contribution in [3.05, 3.63) is 36.6 Å². The van der Waals surface area contributed by atoms with Crippen LogP contribution in [0.2, 0.25) is 0 Å². The second-order valence-electron chi connectivity index (χ2n) is 6.33. The molecule has 4 heteroatoms. The number of nitrogens with zero attached hydrogens (tertiary/aromatic N) is 2. The Labute approximate surface area is 136 Å². The molecule has 2 aromatic heterocycles. The Hall–Kier alpha value is -2.07. The molecule has 1 aliphatic heterocycles. The lowest BCUT2D eigenvalue weighted by Gasteiger charge is -2.15. The monoisotopic (exact) mass is 309 g/mol. The second-order valence-corrected chi connectivity index (χ2v) is 6.33. The number of pyridine rings is 1. The minimum atomic E-state index is 0.711. The molecule has 0 saturated carbocycles. The Morgan fingerprint density at radius 2 is 1.91 bits per heavy atom. The summed E-state index contributed by atoms with van der Waals surface area (Å²) in [6, 6.07) is 10.2. The van der Waals surface area contributed by atoms with Crippen LogP contribution in [0.3, 0.4) is 0 Å². The Kier molecular flexibility index (Phi) is 4.16. The van der Waals surface area contributed by atoms with Gasteiger partial charge in [-0.3, -0.25) is 0 Å². The molecule has 1 saturated heterocycles. The summed E-state index contributed by atoms with van der Waals surface area (Å²) in [5.74, 6) is 0. The third-order valence-corrected chi connectivity index (χ3v) is 4.71. The first kappa shape index (κ1) is 14.5. The van der Waals surface area contributed by atoms with Crippen molar-refractivity contribution in [1.29, 1.82) is 0 Å². The molecule has 1 fully saturated rings. The second kappa shape index (κ2) is 6.59. The molecular weight excluding hydrogens is 286 g/mol. The first-order valence-electron chi connectivity index (χ1n) is 8.64. The van der Waals surface area contributed by atoms with Gasteiger partial charge in [0, 0.05) is 11.9 Å². The van der Waals surface area contributed by atoms with E-state index in [1.54, 1.807) is 6.26 Å². The van der Waals surface area contributed by atoms with E-state index >= 15 is 0 Å². The highest BCUT2D eigenvalue weighted by atomic mass is 16.3. The van der Waals surface area contributed by atoms with Gasteiger partial charge in [-0.15, -0.1) is 0 Å². The number of benzene rings is 1. The maximum Gasteiger partial charge on any atom is 0.228 e. The van der Waals surface area contributed by atoms with Crippen molar-refractivity contribution < 1.29 is 4.42 Å². The molecule has 0 aliphatic carbocycles. The Balaban J connectivity index is 1.45. The van der Waals surface area contributed by atoms with Gasteiger partial charge < -0.3 is 14.6 Å². The van der Waals surface area contributed by atoms with Crippen LogP contribution in [0.15, 0.2) is 41.0 Å². The van der Waals surface area contributed by atoms with Crippen molar-refractivity contribution in [2.45, 2.75) is 25.7 Å². The topological polar surface area (TPSA) is 41.3 Å². The molecule has 4 nitrogen and oxygen atoms in total. The summed E-state index contributed by atoms with van der Waals surface area (Å²) in [6.07, 6.45) is 6.91. The van der Waals surface area contributed by atoms with Crippen LogP contribution in [0.1, 0.15) is 25.7 Å². The summed E-state index contributed by atoms with van der Waals surface area (Å²) < 4.78 is 5.50. The molecule has 4 rings (SSSR count). The van der Waals surface area contributed by atoms with Crippen LogP contribution in [0, 0.1) is 0 Å². The Morgan fingerprint density at radius 3 is 2.83 bits per heavy atom. The minimum Gasteiger partial charge on any atom is -0.446 e. The summed E-state index contributed by atoms with van der Waals surface area (Å²) in [4.78, 5) is 7.16.